The Bertz CT molecular complexity index is 1030. The van der Waals surface area contributed by atoms with Gasteiger partial charge in [-0.25, -0.2) is 0 Å². The summed E-state index contributed by atoms with van der Waals surface area (Å²) in [5.74, 6) is 1.52. The van der Waals surface area contributed by atoms with Crippen LogP contribution >= 0.6 is 34.8 Å². The Morgan fingerprint density at radius 3 is 2.44 bits per heavy atom. The number of pyridine rings is 1. The zero-order valence-electron chi connectivity index (χ0n) is 14.9. The van der Waals surface area contributed by atoms with Crippen molar-refractivity contribution in [3.05, 3.63) is 56.7 Å². The van der Waals surface area contributed by atoms with Crippen molar-refractivity contribution in [2.45, 2.75) is 6.42 Å². The van der Waals surface area contributed by atoms with Crippen molar-refractivity contribution >= 4 is 45.7 Å². The van der Waals surface area contributed by atoms with Gasteiger partial charge in [0, 0.05) is 23.5 Å². The molecule has 0 spiro atoms. The summed E-state index contributed by atoms with van der Waals surface area (Å²) in [4.78, 5) is 13.0. The molecule has 0 atom stereocenters. The number of benzene rings is 2. The van der Waals surface area contributed by atoms with Gasteiger partial charge in [0.1, 0.15) is 5.75 Å². The number of ether oxygens (including phenoxy) is 2. The van der Waals surface area contributed by atoms with E-state index in [9.17, 15) is 4.79 Å². The van der Waals surface area contributed by atoms with Crippen LogP contribution in [-0.4, -0.2) is 24.2 Å². The molecule has 3 rings (SSSR count). The maximum Gasteiger partial charge on any atom is 0.231 e. The first-order valence-corrected chi connectivity index (χ1v) is 9.62. The highest BCUT2D eigenvalue weighted by Crippen LogP contribution is 2.34. The monoisotopic (exact) mass is 425 g/mol. The lowest BCUT2D eigenvalue weighted by Crippen LogP contribution is -2.14. The summed E-state index contributed by atoms with van der Waals surface area (Å²) in [7, 11) is 3.31. The molecule has 4 nitrogen and oxygen atoms in total. The van der Waals surface area contributed by atoms with Gasteiger partial charge in [0.25, 0.3) is 0 Å². The molecule has 0 fully saturated rings. The number of nitrogens with zero attached hydrogens (tertiary/aromatic N) is 1. The largest absolute Gasteiger partial charge is 0.494 e. The van der Waals surface area contributed by atoms with Crippen LogP contribution in [0.2, 0.25) is 10.0 Å². The third-order valence-electron chi connectivity index (χ3n) is 4.24. The zero-order valence-corrected chi connectivity index (χ0v) is 17.2. The molecule has 27 heavy (non-hydrogen) atoms. The Morgan fingerprint density at radius 1 is 1.11 bits per heavy atom. The Labute approximate surface area is 172 Å². The molecule has 0 bridgehead atoms. The van der Waals surface area contributed by atoms with Gasteiger partial charge in [-0.2, -0.15) is 0 Å². The van der Waals surface area contributed by atoms with E-state index in [0.29, 0.717) is 39.1 Å². The standard InChI is InChI=1S/C20H18Cl3NO3/c1-24-17(12-4-6-14(7-5-12)27-9-3-8-21)20(26-2)19(25)15-10-13(22)11-16(23)18(15)24/h4-7,10-11H,3,8-9H2,1-2H3. The average molecular weight is 427 g/mol. The fourth-order valence-corrected chi connectivity index (χ4v) is 3.77. The topological polar surface area (TPSA) is 40.5 Å². The maximum absolute atomic E-state index is 13.0. The second kappa shape index (κ2) is 8.42. The first-order valence-electron chi connectivity index (χ1n) is 8.33. The lowest BCUT2D eigenvalue weighted by Gasteiger charge is -2.18. The van der Waals surface area contributed by atoms with Crippen LogP contribution in [0.25, 0.3) is 22.2 Å². The van der Waals surface area contributed by atoms with E-state index >= 15 is 0 Å². The van der Waals surface area contributed by atoms with Crippen LogP contribution in [0, 0.1) is 0 Å². The normalized spacial score (nSPS) is 11.0. The molecule has 0 aliphatic heterocycles. The zero-order chi connectivity index (χ0) is 19.6. The summed E-state index contributed by atoms with van der Waals surface area (Å²) in [6.07, 6.45) is 0.775. The van der Waals surface area contributed by atoms with Gasteiger partial charge in [0.05, 0.1) is 35.3 Å². The lowest BCUT2D eigenvalue weighted by molar-refractivity contribution is 0.318. The predicted octanol–water partition coefficient (Wildman–Crippen LogP) is 5.53. The van der Waals surface area contributed by atoms with Crippen LogP contribution in [0.5, 0.6) is 11.5 Å². The third-order valence-corrected chi connectivity index (χ3v) is 5.02. The summed E-state index contributed by atoms with van der Waals surface area (Å²) < 4.78 is 12.9. The fourth-order valence-electron chi connectivity index (χ4n) is 3.04. The third kappa shape index (κ3) is 3.88. The van der Waals surface area contributed by atoms with Gasteiger partial charge in [0.15, 0.2) is 5.75 Å². The van der Waals surface area contributed by atoms with Crippen molar-refractivity contribution in [3.63, 3.8) is 0 Å². The van der Waals surface area contributed by atoms with Crippen molar-refractivity contribution < 1.29 is 9.47 Å². The summed E-state index contributed by atoms with van der Waals surface area (Å²) in [5.41, 5.74) is 1.78. The summed E-state index contributed by atoms with van der Waals surface area (Å²) in [6.45, 7) is 0.553. The molecule has 0 saturated carbocycles. The highest BCUT2D eigenvalue weighted by atomic mass is 35.5. The maximum atomic E-state index is 13.0. The molecule has 0 aliphatic rings. The molecule has 0 amide bonds. The van der Waals surface area contributed by atoms with Crippen LogP contribution in [0.15, 0.2) is 41.2 Å². The Hall–Kier alpha value is -1.88. The van der Waals surface area contributed by atoms with E-state index in [1.54, 1.807) is 12.1 Å². The smallest absolute Gasteiger partial charge is 0.231 e. The highest BCUT2D eigenvalue weighted by molar-refractivity contribution is 6.38. The van der Waals surface area contributed by atoms with Crippen LogP contribution in [-0.2, 0) is 7.05 Å². The minimum Gasteiger partial charge on any atom is -0.494 e. The first-order chi connectivity index (χ1) is 13.0. The molecule has 1 heterocycles. The predicted molar refractivity (Wildman–Crippen MR) is 112 cm³/mol. The number of hydrogen-bond donors (Lipinski definition) is 0. The van der Waals surface area contributed by atoms with Crippen molar-refractivity contribution in [1.29, 1.82) is 0 Å². The highest BCUT2D eigenvalue weighted by Gasteiger charge is 2.19. The molecule has 7 heteroatoms. The van der Waals surface area contributed by atoms with Gasteiger partial charge in [-0.15, -0.1) is 11.6 Å². The van der Waals surface area contributed by atoms with Gasteiger partial charge < -0.3 is 14.0 Å². The summed E-state index contributed by atoms with van der Waals surface area (Å²) in [5, 5.41) is 1.22. The van der Waals surface area contributed by atoms with E-state index in [2.05, 4.69) is 0 Å². The van der Waals surface area contributed by atoms with Gasteiger partial charge in [-0.05, 0) is 42.8 Å². The van der Waals surface area contributed by atoms with E-state index < -0.39 is 0 Å². The van der Waals surface area contributed by atoms with Crippen LogP contribution < -0.4 is 14.9 Å². The van der Waals surface area contributed by atoms with Gasteiger partial charge >= 0.3 is 0 Å². The number of aryl methyl sites for hydroxylation is 1. The number of halogens is 3. The van der Waals surface area contributed by atoms with Crippen LogP contribution in [0.1, 0.15) is 6.42 Å². The Morgan fingerprint density at radius 2 is 1.81 bits per heavy atom. The number of methoxy groups -OCH3 is 1. The minimum absolute atomic E-state index is 0.235. The second-order valence-electron chi connectivity index (χ2n) is 5.97. The number of rotatable bonds is 6. The second-order valence-corrected chi connectivity index (χ2v) is 7.19. The molecule has 2 aromatic carbocycles. The summed E-state index contributed by atoms with van der Waals surface area (Å²) in [6, 6.07) is 10.7. The van der Waals surface area contributed by atoms with Gasteiger partial charge in [-0.3, -0.25) is 4.79 Å². The van der Waals surface area contributed by atoms with E-state index in [0.717, 1.165) is 17.7 Å². The Kier molecular flexibility index (Phi) is 6.20. The SMILES string of the molecule is COc1c(-c2ccc(OCCCCl)cc2)n(C)c2c(Cl)cc(Cl)cc2c1=O. The minimum atomic E-state index is -0.257. The molecule has 3 aromatic rings. The van der Waals surface area contributed by atoms with Crippen molar-refractivity contribution in [1.82, 2.24) is 4.57 Å². The van der Waals surface area contributed by atoms with E-state index in [4.69, 9.17) is 44.3 Å². The molecule has 0 saturated heterocycles. The number of hydrogen-bond acceptors (Lipinski definition) is 3. The Balaban J connectivity index is 2.16. The molecular formula is C20H18Cl3NO3. The van der Waals surface area contributed by atoms with Gasteiger partial charge in [0.2, 0.25) is 5.43 Å². The van der Waals surface area contributed by atoms with E-state index in [1.165, 1.54) is 7.11 Å². The summed E-state index contributed by atoms with van der Waals surface area (Å²) >= 11 is 18.1. The molecule has 1 aromatic heterocycles. The average Bonchev–Trinajstić information content (AvgIpc) is 2.64. The lowest BCUT2D eigenvalue weighted by atomic mass is 10.1. The van der Waals surface area contributed by atoms with Crippen molar-refractivity contribution in [3.8, 4) is 22.8 Å². The van der Waals surface area contributed by atoms with Crippen molar-refractivity contribution in [2.75, 3.05) is 19.6 Å². The molecule has 0 aliphatic carbocycles. The van der Waals surface area contributed by atoms with E-state index in [1.807, 2.05) is 35.9 Å². The molecule has 0 radical (unpaired) electrons. The molecule has 0 N–H and O–H groups in total. The first kappa shape index (κ1) is 19.9. The molecule has 142 valence electrons. The number of alkyl halides is 1. The van der Waals surface area contributed by atoms with E-state index in [-0.39, 0.29) is 11.2 Å². The van der Waals surface area contributed by atoms with Crippen LogP contribution in [0.4, 0.5) is 0 Å². The van der Waals surface area contributed by atoms with Gasteiger partial charge in [-0.1, -0.05) is 23.2 Å². The molecule has 0 unspecified atom stereocenters. The quantitative estimate of drug-likeness (QED) is 0.384. The number of fused-ring (bicyclic) bond motifs is 1. The fraction of sp³-hybridized carbons (Fsp3) is 0.250. The van der Waals surface area contributed by atoms with Crippen molar-refractivity contribution in [2.24, 2.45) is 7.05 Å². The molecular weight excluding hydrogens is 409 g/mol. The van der Waals surface area contributed by atoms with Crippen LogP contribution in [0.3, 0.4) is 0 Å². The number of aromatic nitrogens is 1.